The lowest BCUT2D eigenvalue weighted by Crippen LogP contribution is -2.11. The lowest BCUT2D eigenvalue weighted by molar-refractivity contribution is 0.0962. The van der Waals surface area contributed by atoms with Crippen LogP contribution < -0.4 is 18.9 Å². The molecule has 2 rings (SSSR count). The molecule has 0 bridgehead atoms. The Balaban J connectivity index is 2.39. The summed E-state index contributed by atoms with van der Waals surface area (Å²) < 4.78 is 21.1. The smallest absolute Gasteiger partial charge is 0.173 e. The molecule has 1 atom stereocenters. The van der Waals surface area contributed by atoms with Crippen LogP contribution in [0.3, 0.4) is 0 Å². The van der Waals surface area contributed by atoms with Gasteiger partial charge in [0.2, 0.25) is 0 Å². The number of Topliss-reactive ketones (excluding diaryl/α,β-unsaturated/α-hetero) is 1. The Morgan fingerprint density at radius 2 is 1.33 bits per heavy atom. The van der Waals surface area contributed by atoms with Gasteiger partial charge in [-0.3, -0.25) is 4.79 Å². The highest BCUT2D eigenvalue weighted by atomic mass is 16.5. The van der Waals surface area contributed by atoms with E-state index in [1.54, 1.807) is 26.4 Å². The molecular weight excluding hydrogens is 308 g/mol. The van der Waals surface area contributed by atoms with Crippen molar-refractivity contribution in [3.63, 3.8) is 0 Å². The maximum absolute atomic E-state index is 12.9. The van der Waals surface area contributed by atoms with E-state index < -0.39 is 0 Å². The highest BCUT2D eigenvalue weighted by Gasteiger charge is 2.23. The number of hydrogen-bond acceptors (Lipinski definition) is 5. The van der Waals surface area contributed by atoms with Gasteiger partial charge < -0.3 is 18.9 Å². The Bertz CT molecular complexity index is 706. The standard InChI is InChI=1S/C19H22O5/c1-12(13-6-8-14(21-2)9-7-13)19(20)15-10-17(23-4)18(24-5)11-16(15)22-3/h6-12H,1-5H3. The number of carbonyl (C=O) groups excluding carboxylic acids is 1. The van der Waals surface area contributed by atoms with Crippen molar-refractivity contribution in [2.75, 3.05) is 28.4 Å². The number of hydrogen-bond donors (Lipinski definition) is 0. The van der Waals surface area contributed by atoms with Crippen LogP contribution in [0.2, 0.25) is 0 Å². The molecule has 0 spiro atoms. The van der Waals surface area contributed by atoms with Crippen LogP contribution in [0.1, 0.15) is 28.8 Å². The fourth-order valence-corrected chi connectivity index (χ4v) is 2.50. The average molecular weight is 330 g/mol. The quantitative estimate of drug-likeness (QED) is 0.725. The minimum absolute atomic E-state index is 0.0574. The Morgan fingerprint density at radius 1 is 0.792 bits per heavy atom. The summed E-state index contributed by atoms with van der Waals surface area (Å²) in [7, 11) is 6.21. The van der Waals surface area contributed by atoms with Crippen molar-refractivity contribution in [1.82, 2.24) is 0 Å². The van der Waals surface area contributed by atoms with Gasteiger partial charge in [-0.15, -0.1) is 0 Å². The summed E-state index contributed by atoms with van der Waals surface area (Å²) in [6, 6.07) is 10.8. The van der Waals surface area contributed by atoms with Gasteiger partial charge in [0.25, 0.3) is 0 Å². The van der Waals surface area contributed by atoms with E-state index in [2.05, 4.69) is 0 Å². The first-order chi connectivity index (χ1) is 11.5. The summed E-state index contributed by atoms with van der Waals surface area (Å²) >= 11 is 0. The van der Waals surface area contributed by atoms with E-state index in [9.17, 15) is 4.79 Å². The molecule has 0 aliphatic rings. The monoisotopic (exact) mass is 330 g/mol. The Morgan fingerprint density at radius 3 is 1.83 bits per heavy atom. The van der Waals surface area contributed by atoms with Gasteiger partial charge in [-0.1, -0.05) is 19.1 Å². The van der Waals surface area contributed by atoms with Crippen LogP contribution in [0.4, 0.5) is 0 Å². The number of ketones is 1. The van der Waals surface area contributed by atoms with E-state index in [4.69, 9.17) is 18.9 Å². The zero-order valence-electron chi connectivity index (χ0n) is 14.6. The molecule has 24 heavy (non-hydrogen) atoms. The molecule has 2 aromatic carbocycles. The van der Waals surface area contributed by atoms with Crippen LogP contribution in [-0.4, -0.2) is 34.2 Å². The Hall–Kier alpha value is -2.69. The van der Waals surface area contributed by atoms with Gasteiger partial charge in [-0.2, -0.15) is 0 Å². The lowest BCUT2D eigenvalue weighted by atomic mass is 9.91. The van der Waals surface area contributed by atoms with Crippen LogP contribution in [0, 0.1) is 0 Å². The van der Waals surface area contributed by atoms with E-state index in [-0.39, 0.29) is 11.7 Å². The second kappa shape index (κ2) is 7.73. The molecule has 0 fully saturated rings. The summed E-state index contributed by atoms with van der Waals surface area (Å²) in [5.41, 5.74) is 1.36. The second-order valence-electron chi connectivity index (χ2n) is 5.27. The minimum atomic E-state index is -0.331. The number of methoxy groups -OCH3 is 4. The highest BCUT2D eigenvalue weighted by Crippen LogP contribution is 2.37. The molecule has 0 heterocycles. The first-order valence-corrected chi connectivity index (χ1v) is 7.53. The lowest BCUT2D eigenvalue weighted by Gasteiger charge is -2.16. The summed E-state index contributed by atoms with van der Waals surface area (Å²) in [4.78, 5) is 12.9. The van der Waals surface area contributed by atoms with Crippen molar-refractivity contribution in [1.29, 1.82) is 0 Å². The van der Waals surface area contributed by atoms with E-state index in [1.165, 1.54) is 14.2 Å². The molecule has 0 saturated heterocycles. The van der Waals surface area contributed by atoms with Gasteiger partial charge in [0.15, 0.2) is 17.3 Å². The third kappa shape index (κ3) is 3.45. The zero-order valence-corrected chi connectivity index (χ0v) is 14.6. The van der Waals surface area contributed by atoms with E-state index >= 15 is 0 Å². The summed E-state index contributed by atoms with van der Waals surface area (Å²) in [5, 5.41) is 0. The molecule has 0 saturated carbocycles. The molecule has 0 N–H and O–H groups in total. The summed E-state index contributed by atoms with van der Waals surface area (Å²) in [6.07, 6.45) is 0. The van der Waals surface area contributed by atoms with Crippen molar-refractivity contribution in [2.45, 2.75) is 12.8 Å². The van der Waals surface area contributed by atoms with Gasteiger partial charge >= 0.3 is 0 Å². The second-order valence-corrected chi connectivity index (χ2v) is 5.27. The van der Waals surface area contributed by atoms with Gasteiger partial charge in [0, 0.05) is 12.0 Å². The zero-order chi connectivity index (χ0) is 17.7. The first kappa shape index (κ1) is 17.7. The largest absolute Gasteiger partial charge is 0.497 e. The molecule has 0 radical (unpaired) electrons. The average Bonchev–Trinajstić information content (AvgIpc) is 2.65. The maximum Gasteiger partial charge on any atom is 0.173 e. The molecule has 0 aliphatic heterocycles. The van der Waals surface area contributed by atoms with Gasteiger partial charge in [-0.25, -0.2) is 0 Å². The Kier molecular flexibility index (Phi) is 5.68. The third-order valence-electron chi connectivity index (χ3n) is 3.98. The van der Waals surface area contributed by atoms with E-state index in [0.29, 0.717) is 22.8 Å². The predicted molar refractivity (Wildman–Crippen MR) is 91.8 cm³/mol. The SMILES string of the molecule is COc1ccc(C(C)C(=O)c2cc(OC)c(OC)cc2OC)cc1. The van der Waals surface area contributed by atoms with Crippen LogP contribution in [0.25, 0.3) is 0 Å². The third-order valence-corrected chi connectivity index (χ3v) is 3.98. The maximum atomic E-state index is 12.9. The number of carbonyl (C=O) groups is 1. The molecule has 1 unspecified atom stereocenters. The number of ether oxygens (including phenoxy) is 4. The molecule has 0 amide bonds. The van der Waals surface area contributed by atoms with Crippen molar-refractivity contribution in [3.05, 3.63) is 47.5 Å². The fraction of sp³-hybridized carbons (Fsp3) is 0.316. The van der Waals surface area contributed by atoms with Crippen LogP contribution in [0.5, 0.6) is 23.0 Å². The Labute approximate surface area is 142 Å². The predicted octanol–water partition coefficient (Wildman–Crippen LogP) is 3.71. The summed E-state index contributed by atoms with van der Waals surface area (Å²) in [5.74, 6) is 1.83. The molecule has 2 aromatic rings. The van der Waals surface area contributed by atoms with Gasteiger partial charge in [-0.05, 0) is 23.8 Å². The number of rotatable bonds is 7. The fourth-order valence-electron chi connectivity index (χ4n) is 2.50. The minimum Gasteiger partial charge on any atom is -0.497 e. The van der Waals surface area contributed by atoms with Crippen molar-refractivity contribution in [2.24, 2.45) is 0 Å². The highest BCUT2D eigenvalue weighted by molar-refractivity contribution is 6.03. The van der Waals surface area contributed by atoms with Crippen molar-refractivity contribution in [3.8, 4) is 23.0 Å². The normalized spacial score (nSPS) is 11.5. The molecule has 5 nitrogen and oxygen atoms in total. The summed E-state index contributed by atoms with van der Waals surface area (Å²) in [6.45, 7) is 1.86. The molecular formula is C19H22O5. The van der Waals surface area contributed by atoms with Crippen LogP contribution in [-0.2, 0) is 0 Å². The van der Waals surface area contributed by atoms with Crippen molar-refractivity contribution >= 4 is 5.78 Å². The van der Waals surface area contributed by atoms with Crippen LogP contribution >= 0.6 is 0 Å². The first-order valence-electron chi connectivity index (χ1n) is 7.53. The molecule has 0 aromatic heterocycles. The van der Waals surface area contributed by atoms with Crippen molar-refractivity contribution < 1.29 is 23.7 Å². The van der Waals surface area contributed by atoms with Crippen LogP contribution in [0.15, 0.2) is 36.4 Å². The van der Waals surface area contributed by atoms with E-state index in [0.717, 1.165) is 11.3 Å². The van der Waals surface area contributed by atoms with Gasteiger partial charge in [0.1, 0.15) is 11.5 Å². The van der Waals surface area contributed by atoms with E-state index in [1.807, 2.05) is 31.2 Å². The molecule has 5 heteroatoms. The molecule has 0 aliphatic carbocycles. The number of benzene rings is 2. The topological polar surface area (TPSA) is 54.0 Å². The van der Waals surface area contributed by atoms with Gasteiger partial charge in [0.05, 0.1) is 34.0 Å². The molecule has 128 valence electrons.